The largest absolute Gasteiger partial charge is 0.492 e. The van der Waals surface area contributed by atoms with Crippen molar-refractivity contribution in [2.24, 2.45) is 5.73 Å². The van der Waals surface area contributed by atoms with Crippen LogP contribution in [0.3, 0.4) is 0 Å². The Morgan fingerprint density at radius 2 is 2.32 bits per heavy atom. The highest BCUT2D eigenvalue weighted by Crippen LogP contribution is 2.26. The molecule has 0 bridgehead atoms. The fourth-order valence-electron chi connectivity index (χ4n) is 2.25. The molecular formula is C14H19BrN2O2. The first kappa shape index (κ1) is 14.3. The molecule has 104 valence electrons. The van der Waals surface area contributed by atoms with Crippen molar-refractivity contribution in [2.75, 3.05) is 13.2 Å². The predicted molar refractivity (Wildman–Crippen MR) is 78.4 cm³/mol. The molecule has 1 aromatic rings. The maximum absolute atomic E-state index is 11.0. The Labute approximate surface area is 121 Å². The number of amides is 1. The van der Waals surface area contributed by atoms with E-state index in [-0.39, 0.29) is 0 Å². The Morgan fingerprint density at radius 3 is 2.95 bits per heavy atom. The van der Waals surface area contributed by atoms with Gasteiger partial charge in [0.15, 0.2) is 0 Å². The van der Waals surface area contributed by atoms with Crippen LogP contribution in [-0.2, 0) is 0 Å². The number of primary amides is 1. The zero-order valence-corrected chi connectivity index (χ0v) is 12.4. The summed E-state index contributed by atoms with van der Waals surface area (Å²) in [4.78, 5) is 11.0. The van der Waals surface area contributed by atoms with Gasteiger partial charge >= 0.3 is 0 Å². The lowest BCUT2D eigenvalue weighted by Crippen LogP contribution is -2.35. The standard InChI is InChI=1S/C14H19BrN2O2/c15-12-9-10(14(16)18)4-5-13(12)19-8-6-11-3-1-2-7-17-11/h4-5,9,11,17H,1-3,6-8H2,(H2,16,18). The van der Waals surface area contributed by atoms with Gasteiger partial charge in [-0.1, -0.05) is 6.42 Å². The van der Waals surface area contributed by atoms with Gasteiger partial charge in [0.1, 0.15) is 5.75 Å². The number of rotatable bonds is 5. The Kier molecular flexibility index (Phi) is 5.22. The predicted octanol–water partition coefficient (Wildman–Crippen LogP) is 2.46. The van der Waals surface area contributed by atoms with Gasteiger partial charge in [0.05, 0.1) is 11.1 Å². The molecule has 5 heteroatoms. The van der Waals surface area contributed by atoms with Crippen LogP contribution in [0.4, 0.5) is 0 Å². The summed E-state index contributed by atoms with van der Waals surface area (Å²) < 4.78 is 6.50. The van der Waals surface area contributed by atoms with Gasteiger partial charge in [-0.15, -0.1) is 0 Å². The average Bonchev–Trinajstić information content (AvgIpc) is 2.41. The highest BCUT2D eigenvalue weighted by molar-refractivity contribution is 9.10. The topological polar surface area (TPSA) is 64.4 Å². The number of nitrogens with one attached hydrogen (secondary N) is 1. The molecule has 19 heavy (non-hydrogen) atoms. The zero-order chi connectivity index (χ0) is 13.7. The van der Waals surface area contributed by atoms with E-state index in [1.165, 1.54) is 19.3 Å². The van der Waals surface area contributed by atoms with E-state index < -0.39 is 5.91 Å². The minimum absolute atomic E-state index is 0.432. The van der Waals surface area contributed by atoms with Gasteiger partial charge in [-0.2, -0.15) is 0 Å². The number of halogens is 1. The number of piperidine rings is 1. The number of hydrogen-bond donors (Lipinski definition) is 2. The molecule has 1 aliphatic heterocycles. The molecule has 1 atom stereocenters. The second kappa shape index (κ2) is 6.91. The number of carbonyl (C=O) groups excluding carboxylic acids is 1. The van der Waals surface area contributed by atoms with Crippen LogP contribution < -0.4 is 15.8 Å². The molecule has 1 heterocycles. The van der Waals surface area contributed by atoms with E-state index in [4.69, 9.17) is 10.5 Å². The van der Waals surface area contributed by atoms with Crippen LogP contribution in [0.5, 0.6) is 5.75 Å². The van der Waals surface area contributed by atoms with Crippen LogP contribution in [0.15, 0.2) is 22.7 Å². The highest BCUT2D eigenvalue weighted by atomic mass is 79.9. The molecule has 1 amide bonds. The van der Waals surface area contributed by atoms with Crippen molar-refractivity contribution in [1.82, 2.24) is 5.32 Å². The fourth-order valence-corrected chi connectivity index (χ4v) is 2.75. The fraction of sp³-hybridized carbons (Fsp3) is 0.500. The summed E-state index contributed by atoms with van der Waals surface area (Å²) in [5.41, 5.74) is 5.70. The second-order valence-corrected chi connectivity index (χ2v) is 5.65. The molecule has 0 aromatic heterocycles. The van der Waals surface area contributed by atoms with E-state index in [0.29, 0.717) is 18.2 Å². The van der Waals surface area contributed by atoms with Gasteiger partial charge in [-0.3, -0.25) is 4.79 Å². The molecule has 0 aliphatic carbocycles. The normalized spacial score (nSPS) is 19.1. The average molecular weight is 327 g/mol. The summed E-state index contributed by atoms with van der Waals surface area (Å²) in [5, 5.41) is 3.49. The van der Waals surface area contributed by atoms with E-state index >= 15 is 0 Å². The van der Waals surface area contributed by atoms with E-state index in [9.17, 15) is 4.79 Å². The molecule has 4 nitrogen and oxygen atoms in total. The van der Waals surface area contributed by atoms with Crippen molar-refractivity contribution in [2.45, 2.75) is 31.7 Å². The number of nitrogens with two attached hydrogens (primary N) is 1. The van der Waals surface area contributed by atoms with Crippen molar-refractivity contribution in [3.63, 3.8) is 0 Å². The first-order valence-corrected chi connectivity index (χ1v) is 7.41. The van der Waals surface area contributed by atoms with Gasteiger partial charge in [0.25, 0.3) is 0 Å². The molecule has 3 N–H and O–H groups in total. The van der Waals surface area contributed by atoms with E-state index in [0.717, 1.165) is 23.2 Å². The number of ether oxygens (including phenoxy) is 1. The maximum atomic E-state index is 11.0. The van der Waals surface area contributed by atoms with Crippen molar-refractivity contribution in [3.05, 3.63) is 28.2 Å². The number of hydrogen-bond acceptors (Lipinski definition) is 3. The lowest BCUT2D eigenvalue weighted by molar-refractivity contribution is 0.1000. The van der Waals surface area contributed by atoms with E-state index in [1.807, 2.05) is 0 Å². The van der Waals surface area contributed by atoms with Crippen LogP contribution in [0.2, 0.25) is 0 Å². The molecular weight excluding hydrogens is 308 g/mol. The Hall–Kier alpha value is -1.07. The minimum Gasteiger partial charge on any atom is -0.492 e. The summed E-state index contributed by atoms with van der Waals surface area (Å²) in [6.45, 7) is 1.79. The van der Waals surface area contributed by atoms with Crippen LogP contribution in [0, 0.1) is 0 Å². The SMILES string of the molecule is NC(=O)c1ccc(OCCC2CCCCN2)c(Br)c1. The first-order chi connectivity index (χ1) is 9.16. The van der Waals surface area contributed by atoms with Gasteiger partial charge in [-0.25, -0.2) is 0 Å². The summed E-state index contributed by atoms with van der Waals surface area (Å²) in [5.74, 6) is 0.319. The molecule has 0 radical (unpaired) electrons. The lowest BCUT2D eigenvalue weighted by Gasteiger charge is -2.23. The Morgan fingerprint density at radius 1 is 1.47 bits per heavy atom. The van der Waals surface area contributed by atoms with Crippen LogP contribution in [0.25, 0.3) is 0 Å². The summed E-state index contributed by atoms with van der Waals surface area (Å²) >= 11 is 3.39. The smallest absolute Gasteiger partial charge is 0.248 e. The molecule has 1 unspecified atom stereocenters. The Bertz CT molecular complexity index is 445. The second-order valence-electron chi connectivity index (χ2n) is 4.79. The van der Waals surface area contributed by atoms with Crippen molar-refractivity contribution in [3.8, 4) is 5.75 Å². The molecule has 0 spiro atoms. The minimum atomic E-state index is -0.432. The van der Waals surface area contributed by atoms with Crippen molar-refractivity contribution in [1.29, 1.82) is 0 Å². The molecule has 1 saturated heterocycles. The third-order valence-electron chi connectivity index (χ3n) is 3.35. The maximum Gasteiger partial charge on any atom is 0.248 e. The highest BCUT2D eigenvalue weighted by Gasteiger charge is 2.12. The summed E-state index contributed by atoms with van der Waals surface area (Å²) in [6, 6.07) is 5.72. The first-order valence-electron chi connectivity index (χ1n) is 6.62. The molecule has 2 rings (SSSR count). The number of carbonyl (C=O) groups is 1. The van der Waals surface area contributed by atoms with E-state index in [2.05, 4.69) is 21.2 Å². The van der Waals surface area contributed by atoms with Crippen molar-refractivity contribution < 1.29 is 9.53 Å². The van der Waals surface area contributed by atoms with Gasteiger partial charge in [0, 0.05) is 11.6 Å². The third kappa shape index (κ3) is 4.21. The van der Waals surface area contributed by atoms with Crippen molar-refractivity contribution >= 4 is 21.8 Å². The Balaban J connectivity index is 1.83. The third-order valence-corrected chi connectivity index (χ3v) is 3.97. The molecule has 1 fully saturated rings. The van der Waals surface area contributed by atoms with Crippen LogP contribution in [-0.4, -0.2) is 25.1 Å². The van der Waals surface area contributed by atoms with Crippen LogP contribution in [0.1, 0.15) is 36.0 Å². The molecule has 1 aromatic carbocycles. The molecule has 1 aliphatic rings. The summed E-state index contributed by atoms with van der Waals surface area (Å²) in [7, 11) is 0. The molecule has 0 saturated carbocycles. The zero-order valence-electron chi connectivity index (χ0n) is 10.8. The summed E-state index contributed by atoms with van der Waals surface area (Å²) in [6.07, 6.45) is 4.81. The van der Waals surface area contributed by atoms with Gasteiger partial charge in [0.2, 0.25) is 5.91 Å². The van der Waals surface area contributed by atoms with Gasteiger partial charge in [-0.05, 0) is 59.9 Å². The number of benzene rings is 1. The van der Waals surface area contributed by atoms with Gasteiger partial charge < -0.3 is 15.8 Å². The van der Waals surface area contributed by atoms with Crippen LogP contribution >= 0.6 is 15.9 Å². The van der Waals surface area contributed by atoms with E-state index in [1.54, 1.807) is 18.2 Å². The quantitative estimate of drug-likeness (QED) is 0.873. The monoisotopic (exact) mass is 326 g/mol. The lowest BCUT2D eigenvalue weighted by atomic mass is 10.0.